The number of rotatable bonds is 4. The van der Waals surface area contributed by atoms with Gasteiger partial charge in [-0.2, -0.15) is 8.78 Å². The molecule has 0 aromatic heterocycles. The van der Waals surface area contributed by atoms with Gasteiger partial charge in [0, 0.05) is 12.1 Å². The highest BCUT2D eigenvalue weighted by atomic mass is 35.5. The van der Waals surface area contributed by atoms with E-state index >= 15 is 0 Å². The number of nitro benzene ring substituents is 2. The maximum absolute atomic E-state index is 13.1. The van der Waals surface area contributed by atoms with E-state index in [0.29, 0.717) is 6.07 Å². The molecule has 0 aliphatic carbocycles. The Bertz CT molecular complexity index is 936. The maximum atomic E-state index is 13.1. The van der Waals surface area contributed by atoms with Crippen LogP contribution in [0, 0.1) is 43.5 Å². The normalized spacial score (nSPS) is 10.1. The van der Waals surface area contributed by atoms with Gasteiger partial charge in [-0.1, -0.05) is 23.2 Å². The molecule has 0 amide bonds. The minimum Gasteiger partial charge on any atom is -0.478 e. The molecule has 9 nitrogen and oxygen atoms in total. The van der Waals surface area contributed by atoms with E-state index in [1.54, 1.807) is 0 Å². The minimum absolute atomic E-state index is 0.277. The first-order chi connectivity index (χ1) is 13.7. The van der Waals surface area contributed by atoms with Crippen LogP contribution in [0.5, 0.6) is 0 Å². The molecule has 16 heteroatoms. The Hall–Kier alpha value is -3.03. The van der Waals surface area contributed by atoms with Crippen molar-refractivity contribution in [1.82, 2.24) is 0 Å². The van der Waals surface area contributed by atoms with Crippen LogP contribution < -0.4 is 0 Å². The van der Waals surface area contributed by atoms with Gasteiger partial charge in [0.2, 0.25) is 11.6 Å². The van der Waals surface area contributed by atoms with Crippen molar-refractivity contribution in [3.05, 3.63) is 76.8 Å². The second-order valence-corrected chi connectivity index (χ2v) is 5.96. The topological polar surface area (TPSA) is 141 Å². The molecule has 0 atom stereocenters. The smallest absolute Gasteiger partial charge is 0.339 e. The Morgan fingerprint density at radius 2 is 1.13 bits per heavy atom. The van der Waals surface area contributed by atoms with E-state index in [-0.39, 0.29) is 6.07 Å². The summed E-state index contributed by atoms with van der Waals surface area (Å²) in [5.41, 5.74) is -4.17. The highest BCUT2D eigenvalue weighted by molar-refractivity contribution is 6.67. The Kier molecular flexibility index (Phi) is 8.04. The lowest BCUT2D eigenvalue weighted by Gasteiger charge is -2.01. The van der Waals surface area contributed by atoms with E-state index in [0.717, 1.165) is 0 Å². The van der Waals surface area contributed by atoms with E-state index in [1.165, 1.54) is 0 Å². The first kappa shape index (κ1) is 25.0. The number of carbonyl (C=O) groups is 2. The fraction of sp³-hybridized carbons (Fsp3) is 0. The average Bonchev–Trinajstić information content (AvgIpc) is 2.63. The van der Waals surface area contributed by atoms with Gasteiger partial charge in [0.05, 0.1) is 15.4 Å². The number of carbonyl (C=O) groups excluding carboxylic acids is 1. The van der Waals surface area contributed by atoms with Gasteiger partial charge < -0.3 is 5.11 Å². The minimum atomic E-state index is -1.77. The molecule has 2 rings (SSSR count). The third kappa shape index (κ3) is 5.11. The second kappa shape index (κ2) is 9.65. The monoisotopic (exact) mass is 492 g/mol. The van der Waals surface area contributed by atoms with Crippen LogP contribution in [-0.4, -0.2) is 26.2 Å². The van der Waals surface area contributed by atoms with Gasteiger partial charge in [-0.05, 0) is 11.6 Å². The molecule has 2 aromatic carbocycles. The number of carboxylic acid groups (broad SMARTS) is 1. The van der Waals surface area contributed by atoms with Crippen molar-refractivity contribution in [1.29, 1.82) is 0 Å². The summed E-state index contributed by atoms with van der Waals surface area (Å²) >= 11 is 15.1. The number of nitro groups is 2. The molecule has 1 N–H and O–H groups in total. The fourth-order valence-electron chi connectivity index (χ4n) is 1.75. The Labute approximate surface area is 176 Å². The summed E-state index contributed by atoms with van der Waals surface area (Å²) in [5.74, 6) is -7.85. The summed E-state index contributed by atoms with van der Waals surface area (Å²) in [5, 5.41) is 25.4. The van der Waals surface area contributed by atoms with Gasteiger partial charge >= 0.3 is 17.3 Å². The molecular formula is C14H3Cl3F4N2O7. The van der Waals surface area contributed by atoms with Crippen molar-refractivity contribution >= 4 is 57.4 Å². The molecule has 0 saturated heterocycles. The van der Waals surface area contributed by atoms with Gasteiger partial charge in [0.15, 0.2) is 11.6 Å². The molecule has 0 spiro atoms. The fourth-order valence-corrected chi connectivity index (χ4v) is 2.28. The van der Waals surface area contributed by atoms with Crippen LogP contribution in [0.2, 0.25) is 10.0 Å². The molecule has 0 bridgehead atoms. The van der Waals surface area contributed by atoms with E-state index < -0.39 is 76.9 Å². The van der Waals surface area contributed by atoms with Crippen molar-refractivity contribution in [2.75, 3.05) is 0 Å². The quantitative estimate of drug-likeness (QED) is 0.205. The molecule has 0 heterocycles. The summed E-state index contributed by atoms with van der Waals surface area (Å²) < 4.78 is 52.0. The first-order valence-electron chi connectivity index (χ1n) is 6.79. The lowest BCUT2D eigenvalue weighted by atomic mass is 10.2. The standard InChI is InChI=1S/C7HCl2F2NO3.C7H2ClF2NO4/c8-4-5(10)2(7(9)13)1-3(6(4)11)12(14)15;8-4-5(9)2(7(12)13)1-3(6(4)10)11(14)15/h1H;1H,(H,12,13). The van der Waals surface area contributed by atoms with E-state index in [4.69, 9.17) is 39.9 Å². The molecule has 160 valence electrons. The number of hydrogen-bond donors (Lipinski definition) is 1. The molecule has 0 saturated carbocycles. The van der Waals surface area contributed by atoms with Crippen molar-refractivity contribution in [3.63, 3.8) is 0 Å². The summed E-state index contributed by atoms with van der Waals surface area (Å²) in [6.07, 6.45) is 0. The summed E-state index contributed by atoms with van der Waals surface area (Å²) in [6.45, 7) is 0. The number of carboxylic acids is 1. The van der Waals surface area contributed by atoms with Gasteiger partial charge in [-0.3, -0.25) is 25.0 Å². The lowest BCUT2D eigenvalue weighted by molar-refractivity contribution is -0.387. The maximum Gasteiger partial charge on any atom is 0.339 e. The van der Waals surface area contributed by atoms with Crippen LogP contribution >= 0.6 is 34.8 Å². The molecule has 0 aliphatic heterocycles. The van der Waals surface area contributed by atoms with Gasteiger partial charge in [0.1, 0.15) is 15.6 Å². The third-order valence-electron chi connectivity index (χ3n) is 3.09. The molecular weight excluding hydrogens is 491 g/mol. The predicted octanol–water partition coefficient (Wildman–Crippen LogP) is 5.13. The number of nitrogens with zero attached hydrogens (tertiary/aromatic N) is 2. The van der Waals surface area contributed by atoms with Gasteiger partial charge in [-0.25, -0.2) is 13.6 Å². The average molecular weight is 494 g/mol. The molecule has 0 aliphatic rings. The highest BCUT2D eigenvalue weighted by Crippen LogP contribution is 2.31. The third-order valence-corrected chi connectivity index (χ3v) is 3.96. The van der Waals surface area contributed by atoms with Crippen molar-refractivity contribution in [2.24, 2.45) is 0 Å². The summed E-state index contributed by atoms with van der Waals surface area (Å²) in [6, 6.07) is 0.671. The Morgan fingerprint density at radius 1 is 0.800 bits per heavy atom. The molecule has 0 fully saturated rings. The summed E-state index contributed by atoms with van der Waals surface area (Å²) in [7, 11) is 0. The Balaban J connectivity index is 0.000000300. The van der Waals surface area contributed by atoms with Crippen molar-refractivity contribution in [2.45, 2.75) is 0 Å². The van der Waals surface area contributed by atoms with E-state index in [9.17, 15) is 47.4 Å². The van der Waals surface area contributed by atoms with Crippen LogP contribution in [0.1, 0.15) is 20.7 Å². The van der Waals surface area contributed by atoms with Crippen molar-refractivity contribution in [3.8, 4) is 0 Å². The van der Waals surface area contributed by atoms with Gasteiger partial charge in [0.25, 0.3) is 5.24 Å². The zero-order chi connectivity index (χ0) is 23.5. The number of halogens is 7. The van der Waals surface area contributed by atoms with Crippen LogP contribution in [0.3, 0.4) is 0 Å². The predicted molar refractivity (Wildman–Crippen MR) is 93.2 cm³/mol. The SMILES string of the molecule is O=C(Cl)c1cc([N+](=O)[O-])c(F)c(Cl)c1F.O=C(O)c1cc([N+](=O)[O-])c(F)c(Cl)c1F. The van der Waals surface area contributed by atoms with Crippen LogP contribution in [0.4, 0.5) is 28.9 Å². The van der Waals surface area contributed by atoms with E-state index in [1.807, 2.05) is 0 Å². The van der Waals surface area contributed by atoms with Gasteiger partial charge in [-0.15, -0.1) is 0 Å². The zero-order valence-electron chi connectivity index (χ0n) is 13.6. The molecule has 2 aromatic rings. The lowest BCUT2D eigenvalue weighted by Crippen LogP contribution is -2.05. The highest BCUT2D eigenvalue weighted by Gasteiger charge is 2.27. The van der Waals surface area contributed by atoms with Crippen LogP contribution in [-0.2, 0) is 0 Å². The van der Waals surface area contributed by atoms with Crippen LogP contribution in [0.15, 0.2) is 12.1 Å². The Morgan fingerprint density at radius 3 is 1.43 bits per heavy atom. The number of benzene rings is 2. The summed E-state index contributed by atoms with van der Waals surface area (Å²) in [4.78, 5) is 39.3. The largest absolute Gasteiger partial charge is 0.478 e. The second-order valence-electron chi connectivity index (χ2n) is 4.86. The zero-order valence-corrected chi connectivity index (χ0v) is 15.9. The van der Waals surface area contributed by atoms with Crippen molar-refractivity contribution < 1.29 is 42.1 Å². The molecule has 30 heavy (non-hydrogen) atoms. The molecule has 0 radical (unpaired) electrons. The molecule has 0 unspecified atom stereocenters. The first-order valence-corrected chi connectivity index (χ1v) is 7.92. The van der Waals surface area contributed by atoms with Crippen LogP contribution in [0.25, 0.3) is 0 Å². The number of aromatic carboxylic acids is 1. The van der Waals surface area contributed by atoms with E-state index in [2.05, 4.69) is 0 Å². The number of hydrogen-bond acceptors (Lipinski definition) is 6.